The van der Waals surface area contributed by atoms with Crippen LogP contribution in [0.3, 0.4) is 0 Å². The number of anilines is 1. The Balaban J connectivity index is 1.70. The van der Waals surface area contributed by atoms with Crippen LogP contribution in [0.15, 0.2) is 46.5 Å². The molecule has 0 saturated heterocycles. The number of aryl methyl sites for hydroxylation is 1. The first-order chi connectivity index (χ1) is 15.1. The molecule has 1 aromatic heterocycles. The minimum absolute atomic E-state index is 0.00186. The summed E-state index contributed by atoms with van der Waals surface area (Å²) in [5, 5.41) is 12.0. The fourth-order valence-electron chi connectivity index (χ4n) is 2.82. The van der Waals surface area contributed by atoms with E-state index in [2.05, 4.69) is 15.5 Å². The van der Waals surface area contributed by atoms with E-state index in [0.29, 0.717) is 22.5 Å². The van der Waals surface area contributed by atoms with Crippen LogP contribution in [0.5, 0.6) is 0 Å². The highest BCUT2D eigenvalue weighted by Gasteiger charge is 2.22. The van der Waals surface area contributed by atoms with Gasteiger partial charge in [-0.1, -0.05) is 64.3 Å². The lowest BCUT2D eigenvalue weighted by Crippen LogP contribution is -2.16. The summed E-state index contributed by atoms with van der Waals surface area (Å²) in [5.41, 5.74) is 1.24. The number of hydrogen-bond acceptors (Lipinski definition) is 6. The summed E-state index contributed by atoms with van der Waals surface area (Å²) in [7, 11) is -3.59. The number of amides is 1. The van der Waals surface area contributed by atoms with E-state index in [1.165, 1.54) is 12.1 Å². The molecule has 1 heterocycles. The third-order valence-electron chi connectivity index (χ3n) is 4.41. The molecule has 170 valence electrons. The summed E-state index contributed by atoms with van der Waals surface area (Å²) in [6.07, 6.45) is 0. The van der Waals surface area contributed by atoms with Gasteiger partial charge in [0, 0.05) is 11.6 Å². The Morgan fingerprint density at radius 2 is 1.72 bits per heavy atom. The highest BCUT2D eigenvalue weighted by atomic mass is 35.5. The first-order valence-electron chi connectivity index (χ1n) is 9.39. The maximum absolute atomic E-state index is 12.8. The zero-order valence-electron chi connectivity index (χ0n) is 17.1. The number of nitrogens with one attached hydrogen (secondary N) is 1. The number of thioether (sulfide) groups is 1. The fourth-order valence-corrected chi connectivity index (χ4v) is 5.82. The van der Waals surface area contributed by atoms with Gasteiger partial charge in [-0.25, -0.2) is 8.42 Å². The fraction of sp³-hybridized carbons (Fsp3) is 0.250. The zero-order valence-corrected chi connectivity index (χ0v) is 21.0. The Bertz CT molecular complexity index is 1220. The highest BCUT2D eigenvalue weighted by Crippen LogP contribution is 2.34. The molecule has 32 heavy (non-hydrogen) atoms. The van der Waals surface area contributed by atoms with Crippen LogP contribution in [0.2, 0.25) is 15.1 Å². The molecule has 0 aliphatic carbocycles. The van der Waals surface area contributed by atoms with Gasteiger partial charge < -0.3 is 9.88 Å². The Hall–Kier alpha value is -1.78. The van der Waals surface area contributed by atoms with Crippen molar-refractivity contribution in [3.63, 3.8) is 0 Å². The Kier molecular flexibility index (Phi) is 8.11. The number of nitrogens with zero attached hydrogens (tertiary/aromatic N) is 3. The number of sulfone groups is 1. The lowest BCUT2D eigenvalue weighted by molar-refractivity contribution is -0.113. The maximum atomic E-state index is 12.8. The molecular formula is C20H19Cl3N4O3S2. The van der Waals surface area contributed by atoms with Crippen molar-refractivity contribution in [1.29, 1.82) is 0 Å². The Morgan fingerprint density at radius 1 is 1.09 bits per heavy atom. The van der Waals surface area contributed by atoms with Gasteiger partial charge in [0.2, 0.25) is 5.91 Å². The second-order valence-corrected chi connectivity index (χ2v) is 11.0. The van der Waals surface area contributed by atoms with Crippen LogP contribution >= 0.6 is 46.6 Å². The van der Waals surface area contributed by atoms with E-state index in [0.717, 1.165) is 17.3 Å². The zero-order chi connectivity index (χ0) is 23.5. The van der Waals surface area contributed by atoms with Crippen LogP contribution in [-0.4, -0.2) is 34.8 Å². The molecule has 7 nitrogen and oxygen atoms in total. The lowest BCUT2D eigenvalue weighted by atomic mass is 10.2. The van der Waals surface area contributed by atoms with E-state index < -0.39 is 9.84 Å². The molecule has 2 aromatic carbocycles. The number of aromatic nitrogens is 3. The Morgan fingerprint density at radius 3 is 2.31 bits per heavy atom. The average Bonchev–Trinajstić information content (AvgIpc) is 3.10. The molecule has 1 N–H and O–H groups in total. The van der Waals surface area contributed by atoms with Crippen molar-refractivity contribution in [2.75, 3.05) is 11.1 Å². The topological polar surface area (TPSA) is 93.9 Å². The molecule has 0 saturated carbocycles. The number of carbonyl (C=O) groups is 1. The molecule has 0 unspecified atom stereocenters. The Labute approximate surface area is 205 Å². The van der Waals surface area contributed by atoms with Crippen molar-refractivity contribution in [1.82, 2.24) is 14.8 Å². The first-order valence-corrected chi connectivity index (χ1v) is 13.2. The summed E-state index contributed by atoms with van der Waals surface area (Å²) in [5.74, 6) is -0.349. The lowest BCUT2D eigenvalue weighted by Gasteiger charge is -2.10. The smallest absolute Gasteiger partial charge is 0.234 e. The SMILES string of the molecule is CCn1c(CS(=O)(=O)c2ccc(C)cc2)nnc1SCC(=O)Nc1c(Cl)cc(Cl)cc1Cl. The standard InChI is InChI=1S/C20H19Cl3N4O3S2/c1-3-27-17(11-32(29,30)14-6-4-12(2)5-7-14)25-26-20(27)31-10-18(28)24-19-15(22)8-13(21)9-16(19)23/h4-9H,3,10-11H2,1-2H3,(H,24,28). The molecule has 1 amide bonds. The second-order valence-electron chi connectivity index (χ2n) is 6.80. The summed E-state index contributed by atoms with van der Waals surface area (Å²) >= 11 is 19.2. The van der Waals surface area contributed by atoms with Crippen LogP contribution in [-0.2, 0) is 26.9 Å². The molecule has 0 aliphatic rings. The number of benzene rings is 2. The van der Waals surface area contributed by atoms with E-state index in [-0.39, 0.29) is 38.0 Å². The number of carbonyl (C=O) groups excluding carboxylic acids is 1. The van der Waals surface area contributed by atoms with E-state index in [1.807, 2.05) is 13.8 Å². The third kappa shape index (κ3) is 5.96. The maximum Gasteiger partial charge on any atom is 0.234 e. The van der Waals surface area contributed by atoms with E-state index in [4.69, 9.17) is 34.8 Å². The molecule has 12 heteroatoms. The van der Waals surface area contributed by atoms with Crippen LogP contribution < -0.4 is 5.32 Å². The molecule has 0 aliphatic heterocycles. The van der Waals surface area contributed by atoms with Gasteiger partial charge in [0.15, 0.2) is 15.0 Å². The van der Waals surface area contributed by atoms with Crippen LogP contribution in [0, 0.1) is 6.92 Å². The van der Waals surface area contributed by atoms with Crippen molar-refractivity contribution < 1.29 is 13.2 Å². The first kappa shape index (κ1) is 24.9. The average molecular weight is 534 g/mol. The largest absolute Gasteiger partial charge is 0.323 e. The van der Waals surface area contributed by atoms with E-state index in [9.17, 15) is 13.2 Å². The van der Waals surface area contributed by atoms with Gasteiger partial charge in [-0.3, -0.25) is 4.79 Å². The summed E-state index contributed by atoms with van der Waals surface area (Å²) in [6.45, 7) is 4.19. The van der Waals surface area contributed by atoms with Crippen molar-refractivity contribution in [3.05, 3.63) is 62.9 Å². The summed E-state index contributed by atoms with van der Waals surface area (Å²) in [6, 6.07) is 9.60. The van der Waals surface area contributed by atoms with Crippen molar-refractivity contribution in [2.45, 2.75) is 36.2 Å². The van der Waals surface area contributed by atoms with Gasteiger partial charge in [-0.2, -0.15) is 0 Å². The van der Waals surface area contributed by atoms with Crippen LogP contribution in [0.1, 0.15) is 18.3 Å². The van der Waals surface area contributed by atoms with Gasteiger partial charge in [0.25, 0.3) is 0 Å². The quantitative estimate of drug-likeness (QED) is 0.396. The number of hydrogen-bond donors (Lipinski definition) is 1. The molecule has 0 spiro atoms. The van der Waals surface area contributed by atoms with Crippen LogP contribution in [0.4, 0.5) is 5.69 Å². The molecule has 0 fully saturated rings. The van der Waals surface area contributed by atoms with E-state index >= 15 is 0 Å². The summed E-state index contributed by atoms with van der Waals surface area (Å²) < 4.78 is 27.2. The van der Waals surface area contributed by atoms with Gasteiger partial charge in [0.05, 0.1) is 26.4 Å². The molecular weight excluding hydrogens is 515 g/mol. The normalized spacial score (nSPS) is 11.5. The predicted octanol–water partition coefficient (Wildman–Crippen LogP) is 5.27. The van der Waals surface area contributed by atoms with Gasteiger partial charge in [-0.05, 0) is 38.1 Å². The van der Waals surface area contributed by atoms with Crippen molar-refractivity contribution >= 4 is 68.0 Å². The molecule has 0 atom stereocenters. The van der Waals surface area contributed by atoms with Gasteiger partial charge >= 0.3 is 0 Å². The second kappa shape index (κ2) is 10.4. The van der Waals surface area contributed by atoms with Crippen molar-refractivity contribution in [2.24, 2.45) is 0 Å². The minimum atomic E-state index is -3.59. The third-order valence-corrected chi connectivity index (χ3v) is 7.82. The molecule has 0 radical (unpaired) electrons. The van der Waals surface area contributed by atoms with E-state index in [1.54, 1.807) is 28.8 Å². The molecule has 3 aromatic rings. The van der Waals surface area contributed by atoms with Crippen molar-refractivity contribution in [3.8, 4) is 0 Å². The van der Waals surface area contributed by atoms with Gasteiger partial charge in [-0.15, -0.1) is 10.2 Å². The highest BCUT2D eigenvalue weighted by molar-refractivity contribution is 7.99. The number of rotatable bonds is 8. The molecule has 3 rings (SSSR count). The minimum Gasteiger partial charge on any atom is -0.323 e. The summed E-state index contributed by atoms with van der Waals surface area (Å²) in [4.78, 5) is 12.6. The number of halogens is 3. The van der Waals surface area contributed by atoms with Crippen LogP contribution in [0.25, 0.3) is 0 Å². The predicted molar refractivity (Wildman–Crippen MR) is 129 cm³/mol. The monoisotopic (exact) mass is 532 g/mol. The van der Waals surface area contributed by atoms with Gasteiger partial charge in [0.1, 0.15) is 11.6 Å². The molecule has 0 bridgehead atoms.